The summed E-state index contributed by atoms with van der Waals surface area (Å²) in [7, 11) is 3.84. The lowest BCUT2D eigenvalue weighted by Gasteiger charge is -2.21. The molecule has 0 aliphatic carbocycles. The van der Waals surface area contributed by atoms with Crippen molar-refractivity contribution < 1.29 is 24.5 Å². The Morgan fingerprint density at radius 2 is 1.75 bits per heavy atom. The molecule has 4 rings (SSSR count). The van der Waals surface area contributed by atoms with Crippen molar-refractivity contribution in [2.75, 3.05) is 37.0 Å². The molecule has 2 aliphatic rings. The van der Waals surface area contributed by atoms with Crippen LogP contribution in [0, 0.1) is 0 Å². The van der Waals surface area contributed by atoms with Crippen molar-refractivity contribution in [2.45, 2.75) is 37.3 Å². The van der Waals surface area contributed by atoms with Crippen LogP contribution in [0.25, 0.3) is 0 Å². The Morgan fingerprint density at radius 1 is 1.06 bits per heavy atom. The number of para-hydroxylation sites is 1. The van der Waals surface area contributed by atoms with Crippen molar-refractivity contribution >= 4 is 23.2 Å². The van der Waals surface area contributed by atoms with Gasteiger partial charge in [-0.05, 0) is 42.3 Å². The highest BCUT2D eigenvalue weighted by molar-refractivity contribution is 5.96. The van der Waals surface area contributed by atoms with Crippen LogP contribution in [0.4, 0.5) is 11.4 Å². The lowest BCUT2D eigenvalue weighted by Crippen LogP contribution is -2.40. The van der Waals surface area contributed by atoms with Gasteiger partial charge < -0.3 is 30.1 Å². The van der Waals surface area contributed by atoms with Gasteiger partial charge in [0.15, 0.2) is 0 Å². The number of aliphatic hydroxyl groups is 2. The molecule has 2 aromatic rings. The monoisotopic (exact) mass is 439 g/mol. The summed E-state index contributed by atoms with van der Waals surface area (Å²) in [6.07, 6.45) is -3.25. The number of hydrogen-bond acceptors (Lipinski definition) is 6. The number of anilines is 2. The predicted molar refractivity (Wildman–Crippen MR) is 121 cm³/mol. The lowest BCUT2D eigenvalue weighted by molar-refractivity contribution is -0.122. The number of carbonyl (C=O) groups excluding carboxylic acids is 2. The van der Waals surface area contributed by atoms with Crippen LogP contribution >= 0.6 is 0 Å². The summed E-state index contributed by atoms with van der Waals surface area (Å²) in [5.74, 6) is -0.453. The molecule has 0 radical (unpaired) electrons. The van der Waals surface area contributed by atoms with Gasteiger partial charge in [0, 0.05) is 44.1 Å². The highest BCUT2D eigenvalue weighted by Crippen LogP contribution is 2.30. The van der Waals surface area contributed by atoms with E-state index in [0.29, 0.717) is 12.1 Å². The van der Waals surface area contributed by atoms with E-state index in [4.69, 9.17) is 4.74 Å². The molecule has 0 spiro atoms. The van der Waals surface area contributed by atoms with Gasteiger partial charge >= 0.3 is 0 Å². The van der Waals surface area contributed by atoms with Crippen LogP contribution in [-0.2, 0) is 16.0 Å². The topological polar surface area (TPSA) is 102 Å². The number of carbonyl (C=O) groups is 2. The van der Waals surface area contributed by atoms with Gasteiger partial charge in [-0.15, -0.1) is 0 Å². The highest BCUT2D eigenvalue weighted by Gasteiger charge is 2.44. The minimum absolute atomic E-state index is 0.0315. The molecular weight excluding hydrogens is 410 g/mol. The average molecular weight is 440 g/mol. The molecule has 2 aromatic carbocycles. The van der Waals surface area contributed by atoms with Crippen molar-refractivity contribution in [1.82, 2.24) is 5.32 Å². The number of benzene rings is 2. The fourth-order valence-electron chi connectivity index (χ4n) is 4.25. The fraction of sp³-hybridized carbons (Fsp3) is 0.417. The summed E-state index contributed by atoms with van der Waals surface area (Å²) >= 11 is 0. The van der Waals surface area contributed by atoms with E-state index in [-0.39, 0.29) is 24.8 Å². The molecule has 8 heteroatoms. The zero-order valence-electron chi connectivity index (χ0n) is 18.3. The van der Waals surface area contributed by atoms with Crippen LogP contribution in [0.5, 0.6) is 0 Å². The molecular formula is C24H29N3O5. The number of aliphatic hydroxyl groups excluding tert-OH is 2. The van der Waals surface area contributed by atoms with E-state index in [1.54, 1.807) is 17.0 Å². The summed E-state index contributed by atoms with van der Waals surface area (Å²) in [6, 6.07) is 14.9. The Morgan fingerprint density at radius 3 is 2.47 bits per heavy atom. The molecule has 0 aromatic heterocycles. The minimum atomic E-state index is -1.20. The first-order valence-electron chi connectivity index (χ1n) is 10.8. The Kier molecular flexibility index (Phi) is 6.45. The van der Waals surface area contributed by atoms with Gasteiger partial charge in [0.2, 0.25) is 5.91 Å². The summed E-state index contributed by atoms with van der Waals surface area (Å²) < 4.78 is 5.77. The molecule has 8 nitrogen and oxygen atoms in total. The van der Waals surface area contributed by atoms with Crippen LogP contribution < -0.4 is 15.1 Å². The van der Waals surface area contributed by atoms with Gasteiger partial charge in [-0.1, -0.05) is 18.2 Å². The van der Waals surface area contributed by atoms with Gasteiger partial charge in [-0.2, -0.15) is 0 Å². The Bertz CT molecular complexity index is 978. The van der Waals surface area contributed by atoms with Crippen LogP contribution in [0.2, 0.25) is 0 Å². The third-order valence-corrected chi connectivity index (χ3v) is 6.14. The number of fused-ring (bicyclic) bond motifs is 1. The van der Waals surface area contributed by atoms with Crippen molar-refractivity contribution in [2.24, 2.45) is 0 Å². The van der Waals surface area contributed by atoms with Crippen LogP contribution in [0.15, 0.2) is 48.5 Å². The first-order valence-corrected chi connectivity index (χ1v) is 10.8. The van der Waals surface area contributed by atoms with Crippen LogP contribution in [0.1, 0.15) is 22.3 Å². The maximum absolute atomic E-state index is 12.8. The highest BCUT2D eigenvalue weighted by atomic mass is 16.5. The summed E-state index contributed by atoms with van der Waals surface area (Å²) in [5.41, 5.74) is 3.47. The number of hydrogen-bond donors (Lipinski definition) is 3. The molecule has 32 heavy (non-hydrogen) atoms. The second-order valence-corrected chi connectivity index (χ2v) is 8.47. The molecule has 1 fully saturated rings. The molecule has 2 heterocycles. The fourth-order valence-corrected chi connectivity index (χ4v) is 4.25. The first-order chi connectivity index (χ1) is 15.3. The van der Waals surface area contributed by atoms with Gasteiger partial charge in [0.05, 0.1) is 12.5 Å². The van der Waals surface area contributed by atoms with E-state index in [2.05, 4.69) is 5.32 Å². The molecule has 0 bridgehead atoms. The maximum Gasteiger partial charge on any atom is 0.251 e. The zero-order chi connectivity index (χ0) is 22.8. The maximum atomic E-state index is 12.8. The number of rotatable bonds is 6. The SMILES string of the molecule is CN(C)c1ccc(C(=O)NCC2OC(CC(=O)N3CCc4ccccc43)C(O)C2O)cc1. The molecule has 4 unspecified atom stereocenters. The standard InChI is InChI=1S/C24H29N3O5/c1-26(2)17-9-7-16(8-10-17)24(31)25-14-20-23(30)22(29)19(32-20)13-21(28)27-12-11-15-5-3-4-6-18(15)27/h3-10,19-20,22-23,29-30H,11-14H2,1-2H3,(H,25,31). The number of nitrogens with zero attached hydrogens (tertiary/aromatic N) is 2. The van der Waals surface area contributed by atoms with Gasteiger partial charge in [0.1, 0.15) is 18.3 Å². The van der Waals surface area contributed by atoms with E-state index in [9.17, 15) is 19.8 Å². The summed E-state index contributed by atoms with van der Waals surface area (Å²) in [6.45, 7) is 0.624. The zero-order valence-corrected chi connectivity index (χ0v) is 18.3. The molecule has 170 valence electrons. The van der Waals surface area contributed by atoms with Gasteiger partial charge in [0.25, 0.3) is 5.91 Å². The van der Waals surface area contributed by atoms with E-state index < -0.39 is 24.4 Å². The third-order valence-electron chi connectivity index (χ3n) is 6.14. The van der Waals surface area contributed by atoms with Gasteiger partial charge in [-0.25, -0.2) is 0 Å². The molecule has 2 aliphatic heterocycles. The number of nitrogens with one attached hydrogen (secondary N) is 1. The van der Waals surface area contributed by atoms with Crippen molar-refractivity contribution in [1.29, 1.82) is 0 Å². The second-order valence-electron chi connectivity index (χ2n) is 8.47. The van der Waals surface area contributed by atoms with E-state index in [1.807, 2.05) is 55.4 Å². The van der Waals surface area contributed by atoms with Crippen molar-refractivity contribution in [3.05, 3.63) is 59.7 Å². The van der Waals surface area contributed by atoms with E-state index in [0.717, 1.165) is 23.4 Å². The van der Waals surface area contributed by atoms with Crippen LogP contribution in [-0.4, -0.2) is 73.6 Å². The smallest absolute Gasteiger partial charge is 0.251 e. The van der Waals surface area contributed by atoms with Crippen molar-refractivity contribution in [3.63, 3.8) is 0 Å². The number of amides is 2. The largest absolute Gasteiger partial charge is 0.388 e. The Hall–Kier alpha value is -2.94. The predicted octanol–water partition coefficient (Wildman–Crippen LogP) is 0.951. The van der Waals surface area contributed by atoms with E-state index >= 15 is 0 Å². The normalized spacial score (nSPS) is 24.3. The molecule has 0 saturated carbocycles. The van der Waals surface area contributed by atoms with Crippen molar-refractivity contribution in [3.8, 4) is 0 Å². The minimum Gasteiger partial charge on any atom is -0.388 e. The second kappa shape index (κ2) is 9.28. The van der Waals surface area contributed by atoms with E-state index in [1.165, 1.54) is 0 Å². The average Bonchev–Trinajstić information content (AvgIpc) is 3.34. The Balaban J connectivity index is 1.32. The third kappa shape index (κ3) is 4.48. The Labute approximate surface area is 187 Å². The quantitative estimate of drug-likeness (QED) is 0.620. The molecule has 2 amide bonds. The molecule has 1 saturated heterocycles. The summed E-state index contributed by atoms with van der Waals surface area (Å²) in [5, 5.41) is 23.5. The van der Waals surface area contributed by atoms with Gasteiger partial charge in [-0.3, -0.25) is 9.59 Å². The summed E-state index contributed by atoms with van der Waals surface area (Å²) in [4.78, 5) is 28.9. The first kappa shape index (κ1) is 22.3. The number of ether oxygens (including phenoxy) is 1. The molecule has 3 N–H and O–H groups in total. The van der Waals surface area contributed by atoms with Crippen LogP contribution in [0.3, 0.4) is 0 Å². The molecule has 4 atom stereocenters. The lowest BCUT2D eigenvalue weighted by atomic mass is 10.0.